The molecule has 1 amide bonds. The molecule has 1 aromatic heterocycles. The third-order valence-electron chi connectivity index (χ3n) is 4.58. The number of aromatic nitrogens is 2. The van der Waals surface area contributed by atoms with Crippen molar-refractivity contribution in [3.8, 4) is 11.4 Å². The Morgan fingerprint density at radius 2 is 2.07 bits per heavy atom. The normalized spacial score (nSPS) is 19.4. The average Bonchev–Trinajstić information content (AvgIpc) is 3.17. The molecule has 2 atom stereocenters. The van der Waals surface area contributed by atoms with Gasteiger partial charge in [0.25, 0.3) is 0 Å². The van der Waals surface area contributed by atoms with Crippen LogP contribution in [0.4, 0.5) is 13.2 Å². The summed E-state index contributed by atoms with van der Waals surface area (Å²) in [7, 11) is 0. The molecule has 150 valence electrons. The molecule has 1 saturated heterocycles. The highest BCUT2D eigenvalue weighted by Gasteiger charge is 2.39. The highest BCUT2D eigenvalue weighted by atomic mass is 19.4. The van der Waals surface area contributed by atoms with E-state index in [1.54, 1.807) is 36.1 Å². The number of oxime groups is 1. The fourth-order valence-corrected chi connectivity index (χ4v) is 2.80. The van der Waals surface area contributed by atoms with Crippen LogP contribution < -0.4 is 0 Å². The molecule has 0 bridgehead atoms. The molecule has 3 rings (SSSR count). The Morgan fingerprint density at radius 3 is 2.61 bits per heavy atom. The molecule has 1 aliphatic rings. The minimum absolute atomic E-state index is 0.0605. The van der Waals surface area contributed by atoms with Crippen molar-refractivity contribution in [2.45, 2.75) is 38.9 Å². The van der Waals surface area contributed by atoms with Crippen LogP contribution in [0.5, 0.6) is 0 Å². The Balaban J connectivity index is 1.68. The zero-order valence-electron chi connectivity index (χ0n) is 15.5. The highest BCUT2D eigenvalue weighted by Crippen LogP contribution is 2.30. The number of carbonyl (C=O) groups excluding carboxylic acids is 1. The van der Waals surface area contributed by atoms with E-state index in [0.29, 0.717) is 18.7 Å². The van der Waals surface area contributed by atoms with Crippen LogP contribution >= 0.6 is 0 Å². The smallest absolute Gasteiger partial charge is 0.396 e. The molecule has 0 spiro atoms. The Hall–Kier alpha value is -2.91. The van der Waals surface area contributed by atoms with E-state index in [2.05, 4.69) is 19.8 Å². The SMILES string of the molecule is CCON=C1CN(C(=O)C(C)c2ccc(-c3noc(C(F)(F)F)n3)cc2)C1C. The second-order valence-electron chi connectivity index (χ2n) is 6.41. The summed E-state index contributed by atoms with van der Waals surface area (Å²) in [5.74, 6) is -2.03. The number of rotatable bonds is 5. The van der Waals surface area contributed by atoms with Crippen LogP contribution in [0.25, 0.3) is 11.4 Å². The molecule has 2 unspecified atom stereocenters. The minimum Gasteiger partial charge on any atom is -0.396 e. The Bertz CT molecular complexity index is 877. The molecule has 1 aliphatic heterocycles. The van der Waals surface area contributed by atoms with E-state index in [-0.39, 0.29) is 17.8 Å². The molecule has 0 N–H and O–H groups in total. The molecule has 1 aromatic carbocycles. The van der Waals surface area contributed by atoms with Crippen LogP contribution in [-0.4, -0.2) is 45.9 Å². The lowest BCUT2D eigenvalue weighted by atomic mass is 9.94. The maximum Gasteiger partial charge on any atom is 0.471 e. The van der Waals surface area contributed by atoms with Crippen molar-refractivity contribution in [1.29, 1.82) is 0 Å². The van der Waals surface area contributed by atoms with Crippen LogP contribution in [-0.2, 0) is 15.8 Å². The maximum absolute atomic E-state index is 12.7. The van der Waals surface area contributed by atoms with Gasteiger partial charge in [0.05, 0.1) is 24.2 Å². The summed E-state index contributed by atoms with van der Waals surface area (Å²) >= 11 is 0. The number of benzene rings is 1. The van der Waals surface area contributed by atoms with Crippen molar-refractivity contribution in [1.82, 2.24) is 15.0 Å². The molecule has 1 fully saturated rings. The maximum atomic E-state index is 12.7. The van der Waals surface area contributed by atoms with Crippen molar-refractivity contribution >= 4 is 11.6 Å². The Labute approximate surface area is 159 Å². The first-order chi connectivity index (χ1) is 13.2. The van der Waals surface area contributed by atoms with Crippen LogP contribution in [0.3, 0.4) is 0 Å². The summed E-state index contributed by atoms with van der Waals surface area (Å²) in [4.78, 5) is 22.8. The molecule has 7 nitrogen and oxygen atoms in total. The third-order valence-corrected chi connectivity index (χ3v) is 4.58. The average molecular weight is 396 g/mol. The molecular weight excluding hydrogens is 377 g/mol. The predicted octanol–water partition coefficient (Wildman–Crippen LogP) is 3.48. The molecule has 0 aliphatic carbocycles. The van der Waals surface area contributed by atoms with Crippen molar-refractivity contribution in [3.05, 3.63) is 35.7 Å². The Morgan fingerprint density at radius 1 is 1.39 bits per heavy atom. The monoisotopic (exact) mass is 396 g/mol. The van der Waals surface area contributed by atoms with Crippen LogP contribution in [0.15, 0.2) is 33.9 Å². The first-order valence-electron chi connectivity index (χ1n) is 8.72. The van der Waals surface area contributed by atoms with Gasteiger partial charge in [0.2, 0.25) is 11.7 Å². The van der Waals surface area contributed by atoms with Gasteiger partial charge >= 0.3 is 12.1 Å². The second-order valence-corrected chi connectivity index (χ2v) is 6.41. The molecule has 10 heteroatoms. The van der Waals surface area contributed by atoms with Crippen molar-refractivity contribution in [3.63, 3.8) is 0 Å². The van der Waals surface area contributed by atoms with Gasteiger partial charge in [-0.15, -0.1) is 0 Å². The van der Waals surface area contributed by atoms with Gasteiger partial charge in [-0.05, 0) is 26.3 Å². The van der Waals surface area contributed by atoms with Gasteiger partial charge in [-0.1, -0.05) is 34.6 Å². The standard InChI is InChI=1S/C18H19F3N4O3/c1-4-27-23-14-9-25(11(14)3)16(26)10(2)12-5-7-13(8-6-12)15-22-17(28-24-15)18(19,20)21/h5-8,10-11H,4,9H2,1-3H3. The number of carbonyl (C=O) groups is 1. The summed E-state index contributed by atoms with van der Waals surface area (Å²) in [5.41, 5.74) is 1.91. The topological polar surface area (TPSA) is 80.8 Å². The van der Waals surface area contributed by atoms with Gasteiger partial charge in [0.15, 0.2) is 0 Å². The third kappa shape index (κ3) is 3.85. The summed E-state index contributed by atoms with van der Waals surface area (Å²) in [5, 5.41) is 7.33. The molecule has 28 heavy (non-hydrogen) atoms. The van der Waals surface area contributed by atoms with E-state index in [1.807, 2.05) is 13.8 Å². The number of nitrogens with zero attached hydrogens (tertiary/aromatic N) is 4. The van der Waals surface area contributed by atoms with Gasteiger partial charge in [-0.3, -0.25) is 4.79 Å². The van der Waals surface area contributed by atoms with Crippen LogP contribution in [0.2, 0.25) is 0 Å². The molecule has 0 saturated carbocycles. The van der Waals surface area contributed by atoms with Crippen molar-refractivity contribution in [2.24, 2.45) is 5.16 Å². The van der Waals surface area contributed by atoms with Crippen molar-refractivity contribution in [2.75, 3.05) is 13.2 Å². The first kappa shape index (κ1) is 19.8. The highest BCUT2D eigenvalue weighted by molar-refractivity contribution is 6.03. The van der Waals surface area contributed by atoms with Crippen molar-refractivity contribution < 1.29 is 27.3 Å². The van der Waals surface area contributed by atoms with E-state index in [9.17, 15) is 18.0 Å². The van der Waals surface area contributed by atoms with Gasteiger partial charge < -0.3 is 14.3 Å². The van der Waals surface area contributed by atoms with E-state index in [4.69, 9.17) is 4.84 Å². The Kier molecular flexibility index (Phi) is 5.39. The fourth-order valence-electron chi connectivity index (χ4n) is 2.80. The lowest BCUT2D eigenvalue weighted by Gasteiger charge is -2.41. The number of hydrogen-bond donors (Lipinski definition) is 0. The molecule has 0 radical (unpaired) electrons. The lowest BCUT2D eigenvalue weighted by Crippen LogP contribution is -2.59. The lowest BCUT2D eigenvalue weighted by molar-refractivity contribution is -0.159. The van der Waals surface area contributed by atoms with E-state index < -0.39 is 18.0 Å². The summed E-state index contributed by atoms with van der Waals surface area (Å²) in [6, 6.07) is 6.33. The second kappa shape index (κ2) is 7.61. The van der Waals surface area contributed by atoms with E-state index >= 15 is 0 Å². The molecule has 2 aromatic rings. The zero-order chi connectivity index (χ0) is 20.5. The predicted molar refractivity (Wildman–Crippen MR) is 93.4 cm³/mol. The summed E-state index contributed by atoms with van der Waals surface area (Å²) in [6.07, 6.45) is -4.69. The van der Waals surface area contributed by atoms with Crippen LogP contribution in [0, 0.1) is 0 Å². The number of likely N-dealkylation sites (tertiary alicyclic amines) is 1. The van der Waals surface area contributed by atoms with Gasteiger partial charge in [0, 0.05) is 5.56 Å². The number of hydrogen-bond acceptors (Lipinski definition) is 6. The largest absolute Gasteiger partial charge is 0.471 e. The molecule has 2 heterocycles. The van der Waals surface area contributed by atoms with E-state index in [0.717, 1.165) is 11.3 Å². The fraction of sp³-hybridized carbons (Fsp3) is 0.444. The van der Waals surface area contributed by atoms with Gasteiger partial charge in [0.1, 0.15) is 6.61 Å². The quantitative estimate of drug-likeness (QED) is 0.723. The van der Waals surface area contributed by atoms with E-state index in [1.165, 1.54) is 0 Å². The first-order valence-corrected chi connectivity index (χ1v) is 8.72. The summed E-state index contributed by atoms with van der Waals surface area (Å²) in [6.45, 7) is 6.38. The zero-order valence-corrected chi connectivity index (χ0v) is 15.5. The van der Waals surface area contributed by atoms with Crippen LogP contribution in [0.1, 0.15) is 38.1 Å². The molecular formula is C18H19F3N4O3. The number of alkyl halides is 3. The number of amides is 1. The number of halogens is 3. The van der Waals surface area contributed by atoms with Gasteiger partial charge in [-0.25, -0.2) is 0 Å². The van der Waals surface area contributed by atoms with Gasteiger partial charge in [-0.2, -0.15) is 18.2 Å². The minimum atomic E-state index is -4.69. The summed E-state index contributed by atoms with van der Waals surface area (Å²) < 4.78 is 41.9.